The van der Waals surface area contributed by atoms with Crippen molar-refractivity contribution in [2.75, 3.05) is 103 Å². The maximum Gasteiger partial charge on any atom is 0.101 e. The molecule has 164 valence electrons. The molecule has 0 amide bonds. The highest BCUT2D eigenvalue weighted by atomic mass is 35.5. The van der Waals surface area contributed by atoms with Crippen molar-refractivity contribution in [1.82, 2.24) is 0 Å². The van der Waals surface area contributed by atoms with Crippen molar-refractivity contribution in [3.63, 3.8) is 0 Å². The predicted molar refractivity (Wildman–Crippen MR) is 95.4 cm³/mol. The number of carbonyl (C=O) groups excluding carboxylic acids is 1. The van der Waals surface area contributed by atoms with Gasteiger partial charge in [-0.25, -0.2) is 0 Å². The first-order valence-corrected chi connectivity index (χ1v) is 8.03. The van der Waals surface area contributed by atoms with Crippen LogP contribution in [0.3, 0.4) is 0 Å². The minimum absolute atomic E-state index is 0. The molecular formula is C16H42ClN3O6. The fraction of sp³-hybridized carbons (Fsp3) is 0.938. The Labute approximate surface area is 165 Å². The molecule has 0 fully saturated rings. The molecular weight excluding hydrogens is 366 g/mol. The highest BCUT2D eigenvalue weighted by molar-refractivity contribution is 5.47. The maximum absolute atomic E-state index is 8.39. The van der Waals surface area contributed by atoms with Crippen molar-refractivity contribution >= 4 is 6.16 Å². The van der Waals surface area contributed by atoms with Gasteiger partial charge in [-0.1, -0.05) is 0 Å². The summed E-state index contributed by atoms with van der Waals surface area (Å²) in [6.07, 6.45) is -2.33. The van der Waals surface area contributed by atoms with E-state index in [1.165, 1.54) is 0 Å². The standard InChI is InChI=1S/3C5H14NO.CH2O3.ClH/c3*1-6(2,3)4-5-7;2-1(3)4;/h3*7H,4-5H2,1-3H3;(H2,2,3,4);1H/q3*+1;;/p-3. The van der Waals surface area contributed by atoms with E-state index in [-0.39, 0.29) is 32.2 Å². The minimum Gasteiger partial charge on any atom is -1.00 e. The number of hydrogen-bond acceptors (Lipinski definition) is 6. The van der Waals surface area contributed by atoms with E-state index >= 15 is 0 Å². The molecule has 0 aromatic rings. The zero-order valence-corrected chi connectivity index (χ0v) is 18.8. The van der Waals surface area contributed by atoms with Crippen molar-refractivity contribution in [3.8, 4) is 0 Å². The molecule has 0 aliphatic rings. The lowest BCUT2D eigenvalue weighted by Gasteiger charge is -2.21. The van der Waals surface area contributed by atoms with Gasteiger partial charge in [0.2, 0.25) is 0 Å². The zero-order valence-electron chi connectivity index (χ0n) is 18.0. The molecule has 0 unspecified atom stereocenters. The van der Waals surface area contributed by atoms with E-state index in [9.17, 15) is 0 Å². The molecule has 0 atom stereocenters. The highest BCUT2D eigenvalue weighted by Gasteiger charge is 2.03. The Bertz CT molecular complexity index is 258. The maximum atomic E-state index is 8.39. The second-order valence-corrected chi connectivity index (χ2v) is 8.46. The predicted octanol–water partition coefficient (Wildman–Crippen LogP) is -6.39. The molecule has 0 aliphatic heterocycles. The van der Waals surface area contributed by atoms with Gasteiger partial charge >= 0.3 is 0 Å². The summed E-state index contributed by atoms with van der Waals surface area (Å²) in [7, 11) is 18.5. The molecule has 0 radical (unpaired) electrons. The third-order valence-electron chi connectivity index (χ3n) is 2.31. The van der Waals surface area contributed by atoms with Gasteiger partial charge < -0.3 is 56.2 Å². The van der Waals surface area contributed by atoms with E-state index in [2.05, 4.69) is 63.4 Å². The van der Waals surface area contributed by atoms with Crippen LogP contribution in [0.5, 0.6) is 0 Å². The Morgan fingerprint density at radius 3 is 0.731 bits per heavy atom. The van der Waals surface area contributed by atoms with Gasteiger partial charge in [-0.3, -0.25) is 0 Å². The molecule has 0 heterocycles. The summed E-state index contributed by atoms with van der Waals surface area (Å²) in [6.45, 7) is 3.34. The number of carboxylic acid groups (broad SMARTS) is 2. The molecule has 0 saturated heterocycles. The molecule has 0 aromatic carbocycles. The molecule has 0 saturated carbocycles. The van der Waals surface area contributed by atoms with Crippen LogP contribution in [0, 0.1) is 0 Å². The van der Waals surface area contributed by atoms with Crippen LogP contribution in [0.25, 0.3) is 0 Å². The van der Waals surface area contributed by atoms with E-state index in [0.29, 0.717) is 0 Å². The van der Waals surface area contributed by atoms with Crippen molar-refractivity contribution in [1.29, 1.82) is 0 Å². The van der Waals surface area contributed by atoms with Gasteiger partial charge in [0.05, 0.1) is 83.2 Å². The van der Waals surface area contributed by atoms with Gasteiger partial charge in [0.25, 0.3) is 0 Å². The number of aliphatic hydroxyl groups excluding tert-OH is 3. The van der Waals surface area contributed by atoms with Gasteiger partial charge in [-0.15, -0.1) is 0 Å². The second-order valence-electron chi connectivity index (χ2n) is 8.46. The number of hydrogen-bond donors (Lipinski definition) is 3. The van der Waals surface area contributed by atoms with Crippen LogP contribution in [-0.4, -0.2) is 138 Å². The second kappa shape index (κ2) is 19.1. The number of likely N-dealkylation sites (N-methyl/N-ethyl adjacent to an activating group) is 3. The SMILES string of the molecule is C[N+](C)(C)CCO.C[N+](C)(C)CCO.C[N+](C)(C)CCO.O=C([O-])[O-].[Cl-]. The third kappa shape index (κ3) is 90.7. The van der Waals surface area contributed by atoms with Crippen LogP contribution in [-0.2, 0) is 0 Å². The first-order valence-electron chi connectivity index (χ1n) is 8.03. The van der Waals surface area contributed by atoms with Crippen molar-refractivity contribution < 1.29 is 56.2 Å². The van der Waals surface area contributed by atoms with Crippen LogP contribution >= 0.6 is 0 Å². The Balaban J connectivity index is -0.0000000759. The van der Waals surface area contributed by atoms with E-state index in [1.54, 1.807) is 0 Å². The van der Waals surface area contributed by atoms with Gasteiger partial charge in [-0.05, 0) is 6.16 Å². The Kier molecular flexibility index (Phi) is 26.6. The molecule has 0 aromatic heterocycles. The third-order valence-corrected chi connectivity index (χ3v) is 2.31. The molecule has 0 spiro atoms. The molecule has 26 heavy (non-hydrogen) atoms. The number of rotatable bonds is 6. The number of quaternary nitrogens is 3. The summed E-state index contributed by atoms with van der Waals surface area (Å²) in [5.41, 5.74) is 0. The van der Waals surface area contributed by atoms with Crippen molar-refractivity contribution in [3.05, 3.63) is 0 Å². The largest absolute Gasteiger partial charge is 1.00 e. The van der Waals surface area contributed by atoms with E-state index in [4.69, 9.17) is 30.3 Å². The molecule has 9 nitrogen and oxygen atoms in total. The fourth-order valence-electron chi connectivity index (χ4n) is 0.900. The molecule has 0 rings (SSSR count). The van der Waals surface area contributed by atoms with E-state index < -0.39 is 6.16 Å². The van der Waals surface area contributed by atoms with Gasteiger partial charge in [0.1, 0.15) is 19.6 Å². The highest BCUT2D eigenvalue weighted by Crippen LogP contribution is 1.85. The lowest BCUT2D eigenvalue weighted by atomic mass is 10.5. The zero-order chi connectivity index (χ0) is 21.3. The molecule has 3 N–H and O–H groups in total. The lowest BCUT2D eigenvalue weighted by molar-refractivity contribution is -0.870. The summed E-state index contributed by atoms with van der Waals surface area (Å²) in [5.74, 6) is 0. The molecule has 0 aliphatic carbocycles. The summed E-state index contributed by atoms with van der Waals surface area (Å²) in [6, 6.07) is 0. The minimum atomic E-state index is -2.33. The number of aliphatic hydroxyl groups is 3. The van der Waals surface area contributed by atoms with Crippen molar-refractivity contribution in [2.45, 2.75) is 0 Å². The lowest BCUT2D eigenvalue weighted by Crippen LogP contribution is -3.00. The van der Waals surface area contributed by atoms with Crippen LogP contribution < -0.4 is 22.6 Å². The molecule has 0 bridgehead atoms. The number of halogens is 1. The normalized spacial score (nSPS) is 10.6. The van der Waals surface area contributed by atoms with E-state index in [1.807, 2.05) is 0 Å². The summed E-state index contributed by atoms with van der Waals surface area (Å²) >= 11 is 0. The van der Waals surface area contributed by atoms with Gasteiger partial charge in [0, 0.05) is 0 Å². The Hall–Kier alpha value is -0.680. The Morgan fingerprint density at radius 2 is 0.731 bits per heavy atom. The average Bonchev–Trinajstić information content (AvgIpc) is 2.24. The van der Waals surface area contributed by atoms with Crippen LogP contribution in [0.4, 0.5) is 4.79 Å². The summed E-state index contributed by atoms with van der Waals surface area (Å²) in [5, 5.41) is 41.8. The van der Waals surface area contributed by atoms with Crippen LogP contribution in [0.1, 0.15) is 0 Å². The summed E-state index contributed by atoms with van der Waals surface area (Å²) in [4.78, 5) is 8.33. The topological polar surface area (TPSA) is 124 Å². The first-order chi connectivity index (χ1) is 10.9. The van der Waals surface area contributed by atoms with Crippen LogP contribution in [0.2, 0.25) is 0 Å². The quantitative estimate of drug-likeness (QED) is 0.376. The van der Waals surface area contributed by atoms with E-state index in [0.717, 1.165) is 33.1 Å². The smallest absolute Gasteiger partial charge is 0.101 e. The van der Waals surface area contributed by atoms with Crippen LogP contribution in [0.15, 0.2) is 0 Å². The number of nitrogens with zero attached hydrogens (tertiary/aromatic N) is 3. The Morgan fingerprint density at radius 1 is 0.615 bits per heavy atom. The monoisotopic (exact) mass is 407 g/mol. The molecule has 10 heteroatoms. The average molecular weight is 408 g/mol. The summed E-state index contributed by atoms with van der Waals surface area (Å²) < 4.78 is 2.53. The number of carbonyl (C=O) groups is 1. The van der Waals surface area contributed by atoms with Gasteiger partial charge in [-0.2, -0.15) is 0 Å². The van der Waals surface area contributed by atoms with Crippen molar-refractivity contribution in [2.24, 2.45) is 0 Å². The fourth-order valence-corrected chi connectivity index (χ4v) is 0.900. The van der Waals surface area contributed by atoms with Gasteiger partial charge in [0.15, 0.2) is 0 Å². The first kappa shape index (κ1) is 36.3.